The maximum atomic E-state index is 10.9. The van der Waals surface area contributed by atoms with Crippen molar-refractivity contribution in [3.8, 4) is 0 Å². The van der Waals surface area contributed by atoms with E-state index in [1.165, 1.54) is 0 Å². The lowest BCUT2D eigenvalue weighted by atomic mass is 10.1. The highest BCUT2D eigenvalue weighted by molar-refractivity contribution is 8.24. The number of carboxylic acids is 1. The Balaban J connectivity index is 1.86. The fraction of sp³-hybridized carbons (Fsp3) is 0.188. The fourth-order valence-electron chi connectivity index (χ4n) is 2.60. The zero-order chi connectivity index (χ0) is 15.7. The van der Waals surface area contributed by atoms with Gasteiger partial charge in [0.25, 0.3) is 0 Å². The first-order chi connectivity index (χ1) is 10.5. The van der Waals surface area contributed by atoms with E-state index in [-0.39, 0.29) is 5.56 Å². The summed E-state index contributed by atoms with van der Waals surface area (Å²) in [5.74, 6) is -0.624. The highest BCUT2D eigenvalue weighted by Gasteiger charge is 2.28. The number of rotatable bonds is 3. The Labute approximate surface area is 130 Å². The monoisotopic (exact) mass is 319 g/mol. The van der Waals surface area contributed by atoms with E-state index in [4.69, 9.17) is 5.11 Å². The third kappa shape index (κ3) is 2.81. The first-order valence-corrected chi connectivity index (χ1v) is 8.61. The van der Waals surface area contributed by atoms with E-state index in [9.17, 15) is 13.9 Å². The van der Waals surface area contributed by atoms with Crippen LogP contribution >= 0.6 is 10.6 Å². The molecule has 0 spiro atoms. The number of para-hydroxylation sites is 1. The molecule has 3 rings (SSSR count). The van der Waals surface area contributed by atoms with Crippen molar-refractivity contribution in [3.05, 3.63) is 59.7 Å². The van der Waals surface area contributed by atoms with Gasteiger partial charge in [-0.05, 0) is 29.8 Å². The molecule has 2 aromatic carbocycles. The Morgan fingerprint density at radius 1 is 1.09 bits per heavy atom. The van der Waals surface area contributed by atoms with Crippen molar-refractivity contribution in [2.24, 2.45) is 0 Å². The van der Waals surface area contributed by atoms with E-state index in [1.807, 2.05) is 12.1 Å². The van der Waals surface area contributed by atoms with Crippen LogP contribution in [-0.2, 0) is 6.54 Å². The molecule has 0 radical (unpaired) electrons. The summed E-state index contributed by atoms with van der Waals surface area (Å²) < 4.78 is 20.3. The predicted octanol–water partition coefficient (Wildman–Crippen LogP) is 3.51. The standard InChI is InChI=1S/C16H17NO4S/c18-16(19)13-7-5-12(6-8-13)11-17-9-10-22(20,21)15-4-2-1-3-14(15)17/h1-8,20-21H,9-11H2,(H,18,19). The number of carboxylic acid groups (broad SMARTS) is 1. The molecular formula is C16H17NO4S. The topological polar surface area (TPSA) is 81.0 Å². The second-order valence-corrected chi connectivity index (χ2v) is 7.44. The Bertz CT molecular complexity index is 700. The van der Waals surface area contributed by atoms with Crippen LogP contribution in [0.1, 0.15) is 15.9 Å². The lowest BCUT2D eigenvalue weighted by molar-refractivity contribution is 0.0697. The smallest absolute Gasteiger partial charge is 0.335 e. The van der Waals surface area contributed by atoms with E-state index in [2.05, 4.69) is 4.90 Å². The van der Waals surface area contributed by atoms with Crippen LogP contribution in [0.4, 0.5) is 5.69 Å². The molecule has 3 N–H and O–H groups in total. The summed E-state index contributed by atoms with van der Waals surface area (Å²) in [6.45, 7) is 1.16. The lowest BCUT2D eigenvalue weighted by Crippen LogP contribution is -2.33. The highest BCUT2D eigenvalue weighted by Crippen LogP contribution is 2.54. The fourth-order valence-corrected chi connectivity index (χ4v) is 4.12. The quantitative estimate of drug-likeness (QED) is 0.806. The molecule has 0 atom stereocenters. The summed E-state index contributed by atoms with van der Waals surface area (Å²) >= 11 is 0. The second-order valence-electron chi connectivity index (χ2n) is 5.26. The molecule has 2 aromatic rings. The molecule has 0 saturated heterocycles. The second kappa shape index (κ2) is 5.64. The van der Waals surface area contributed by atoms with Gasteiger partial charge in [-0.15, -0.1) is 0 Å². The average Bonchev–Trinajstić information content (AvgIpc) is 2.51. The molecule has 22 heavy (non-hydrogen) atoms. The third-order valence-electron chi connectivity index (χ3n) is 3.78. The SMILES string of the molecule is O=C(O)c1ccc(CN2CCS(O)(O)c3ccccc32)cc1. The molecule has 1 aliphatic rings. The van der Waals surface area contributed by atoms with Crippen molar-refractivity contribution in [3.63, 3.8) is 0 Å². The van der Waals surface area contributed by atoms with Gasteiger partial charge in [0, 0.05) is 13.1 Å². The molecule has 0 bridgehead atoms. The van der Waals surface area contributed by atoms with Crippen LogP contribution < -0.4 is 4.90 Å². The summed E-state index contributed by atoms with van der Waals surface area (Å²) in [6, 6.07) is 14.1. The highest BCUT2D eigenvalue weighted by atomic mass is 32.3. The number of hydrogen-bond acceptors (Lipinski definition) is 4. The zero-order valence-electron chi connectivity index (χ0n) is 11.8. The van der Waals surface area contributed by atoms with Gasteiger partial charge in [0.2, 0.25) is 0 Å². The average molecular weight is 319 g/mol. The van der Waals surface area contributed by atoms with Crippen LogP contribution in [0, 0.1) is 0 Å². The van der Waals surface area contributed by atoms with Crippen LogP contribution in [0.15, 0.2) is 53.4 Å². The van der Waals surface area contributed by atoms with E-state index in [0.717, 1.165) is 11.3 Å². The molecule has 0 unspecified atom stereocenters. The van der Waals surface area contributed by atoms with Gasteiger partial charge in [-0.2, -0.15) is 10.6 Å². The summed E-state index contributed by atoms with van der Waals surface area (Å²) in [5, 5.41) is 8.92. The van der Waals surface area contributed by atoms with Crippen molar-refractivity contribution in [1.29, 1.82) is 0 Å². The van der Waals surface area contributed by atoms with Gasteiger partial charge >= 0.3 is 5.97 Å². The molecule has 1 heterocycles. The predicted molar refractivity (Wildman–Crippen MR) is 86.9 cm³/mol. The van der Waals surface area contributed by atoms with E-state index in [1.54, 1.807) is 36.4 Å². The maximum absolute atomic E-state index is 10.9. The molecule has 5 nitrogen and oxygen atoms in total. The first-order valence-electron chi connectivity index (χ1n) is 6.89. The number of aromatic carboxylic acids is 1. The number of fused-ring (bicyclic) bond motifs is 1. The van der Waals surface area contributed by atoms with Crippen molar-refractivity contribution < 1.29 is 19.0 Å². The number of nitrogens with zero attached hydrogens (tertiary/aromatic N) is 1. The molecule has 0 amide bonds. The van der Waals surface area contributed by atoms with Gasteiger partial charge in [0.05, 0.1) is 21.9 Å². The van der Waals surface area contributed by atoms with Crippen LogP contribution in [0.2, 0.25) is 0 Å². The van der Waals surface area contributed by atoms with Gasteiger partial charge in [-0.3, -0.25) is 9.11 Å². The van der Waals surface area contributed by atoms with Crippen LogP contribution in [-0.4, -0.2) is 32.5 Å². The van der Waals surface area contributed by atoms with Gasteiger partial charge in [-0.1, -0.05) is 24.3 Å². The normalized spacial score (nSPS) is 17.6. The molecule has 116 valence electrons. The molecule has 6 heteroatoms. The van der Waals surface area contributed by atoms with E-state index in [0.29, 0.717) is 23.7 Å². The lowest BCUT2D eigenvalue weighted by Gasteiger charge is -2.43. The maximum Gasteiger partial charge on any atom is 0.335 e. The van der Waals surface area contributed by atoms with Crippen molar-refractivity contribution in [2.45, 2.75) is 11.4 Å². The third-order valence-corrected chi connectivity index (χ3v) is 5.58. The largest absolute Gasteiger partial charge is 0.478 e. The summed E-state index contributed by atoms with van der Waals surface area (Å²) in [5.41, 5.74) is 2.08. The number of anilines is 1. The molecule has 0 saturated carbocycles. The molecule has 0 aromatic heterocycles. The van der Waals surface area contributed by atoms with Crippen LogP contribution in [0.3, 0.4) is 0 Å². The minimum atomic E-state index is -2.70. The number of benzene rings is 2. The minimum Gasteiger partial charge on any atom is -0.478 e. The van der Waals surface area contributed by atoms with Crippen LogP contribution in [0.5, 0.6) is 0 Å². The van der Waals surface area contributed by atoms with Gasteiger partial charge in [0.15, 0.2) is 0 Å². The first kappa shape index (κ1) is 14.9. The number of hydrogen-bond donors (Lipinski definition) is 3. The summed E-state index contributed by atoms with van der Waals surface area (Å²) in [7, 11) is -2.70. The number of carbonyl (C=O) groups is 1. The van der Waals surface area contributed by atoms with E-state index >= 15 is 0 Å². The Morgan fingerprint density at radius 3 is 2.45 bits per heavy atom. The molecule has 1 aliphatic heterocycles. The molecular weight excluding hydrogens is 302 g/mol. The zero-order valence-corrected chi connectivity index (χ0v) is 12.7. The molecule has 0 fully saturated rings. The Morgan fingerprint density at radius 2 is 1.77 bits per heavy atom. The summed E-state index contributed by atoms with van der Waals surface area (Å²) in [4.78, 5) is 13.5. The molecule has 0 aliphatic carbocycles. The minimum absolute atomic E-state index is 0.261. The van der Waals surface area contributed by atoms with Crippen molar-refractivity contribution in [2.75, 3.05) is 17.2 Å². The van der Waals surface area contributed by atoms with Gasteiger partial charge < -0.3 is 10.0 Å². The van der Waals surface area contributed by atoms with Crippen molar-refractivity contribution >= 4 is 22.2 Å². The van der Waals surface area contributed by atoms with E-state index < -0.39 is 16.6 Å². The van der Waals surface area contributed by atoms with Crippen molar-refractivity contribution in [1.82, 2.24) is 0 Å². The Kier molecular flexibility index (Phi) is 3.82. The Hall–Kier alpha value is -2.02. The summed E-state index contributed by atoms with van der Waals surface area (Å²) in [6.07, 6.45) is 0. The van der Waals surface area contributed by atoms with Crippen LogP contribution in [0.25, 0.3) is 0 Å². The van der Waals surface area contributed by atoms with Gasteiger partial charge in [-0.25, -0.2) is 4.79 Å². The van der Waals surface area contributed by atoms with Gasteiger partial charge in [0.1, 0.15) is 0 Å².